The Hall–Kier alpha value is -4.46. The average molecular weight is 716 g/mol. The first kappa shape index (κ1) is 38.8. The molecule has 2 aromatic rings. The monoisotopic (exact) mass is 715 g/mol. The molecule has 4 unspecified atom stereocenters. The summed E-state index contributed by atoms with van der Waals surface area (Å²) in [7, 11) is 0. The second-order valence-electron chi connectivity index (χ2n) is 14.6. The van der Waals surface area contributed by atoms with Crippen LogP contribution in [0.15, 0.2) is 65.7 Å². The zero-order chi connectivity index (χ0) is 37.1. The lowest BCUT2D eigenvalue weighted by Gasteiger charge is -2.38. The summed E-state index contributed by atoms with van der Waals surface area (Å²) >= 11 is 0. The number of likely N-dealkylation sites (tertiary alicyclic amines) is 2. The second kappa shape index (κ2) is 18.3. The van der Waals surface area contributed by atoms with Crippen LogP contribution < -0.4 is 22.1 Å². The van der Waals surface area contributed by atoms with Gasteiger partial charge < -0.3 is 32.1 Å². The Morgan fingerprint density at radius 3 is 2.08 bits per heavy atom. The summed E-state index contributed by atoms with van der Waals surface area (Å²) in [4.78, 5) is 75.0. The van der Waals surface area contributed by atoms with Crippen molar-refractivity contribution in [2.24, 2.45) is 28.3 Å². The highest BCUT2D eigenvalue weighted by Gasteiger charge is 2.46. The summed E-state index contributed by atoms with van der Waals surface area (Å²) in [6, 6.07) is 16.8. The fourth-order valence-electron chi connectivity index (χ4n) is 7.84. The van der Waals surface area contributed by atoms with Gasteiger partial charge in [-0.2, -0.15) is 0 Å². The molecule has 1 aliphatic carbocycles. The van der Waals surface area contributed by atoms with E-state index < -0.39 is 41.3 Å². The van der Waals surface area contributed by atoms with Gasteiger partial charge in [0.25, 0.3) is 11.8 Å². The van der Waals surface area contributed by atoms with Gasteiger partial charge in [0.2, 0.25) is 11.8 Å². The topological polar surface area (TPSA) is 201 Å². The molecule has 280 valence electrons. The van der Waals surface area contributed by atoms with Crippen LogP contribution in [0, 0.1) is 11.8 Å². The molecule has 13 heteroatoms. The van der Waals surface area contributed by atoms with Gasteiger partial charge >= 0.3 is 5.97 Å². The van der Waals surface area contributed by atoms with E-state index in [2.05, 4.69) is 15.6 Å². The molecule has 4 atom stereocenters. The third-order valence-corrected chi connectivity index (χ3v) is 10.6. The van der Waals surface area contributed by atoms with Gasteiger partial charge in [0.15, 0.2) is 0 Å². The number of hydrogen-bond acceptors (Lipinski definition) is 8. The molecule has 2 saturated heterocycles. The number of fused-ring (bicyclic) bond motifs is 1. The Morgan fingerprint density at radius 2 is 1.48 bits per heavy atom. The number of carboxylic acids is 1. The van der Waals surface area contributed by atoms with Crippen molar-refractivity contribution in [1.82, 2.24) is 20.4 Å². The number of unbranched alkanes of at least 4 members (excludes halogenated alkanes) is 1. The van der Waals surface area contributed by atoms with Crippen LogP contribution in [0.2, 0.25) is 0 Å². The van der Waals surface area contributed by atoms with Crippen molar-refractivity contribution in [2.45, 2.75) is 81.8 Å². The fraction of sp³-hybridized carbons (Fsp3) is 0.538. The molecule has 0 spiro atoms. The van der Waals surface area contributed by atoms with Crippen LogP contribution in [0.5, 0.6) is 0 Å². The van der Waals surface area contributed by atoms with Crippen LogP contribution in [0.4, 0.5) is 0 Å². The van der Waals surface area contributed by atoms with Crippen LogP contribution in [-0.4, -0.2) is 107 Å². The van der Waals surface area contributed by atoms with E-state index in [9.17, 15) is 29.1 Å². The second-order valence-corrected chi connectivity index (χ2v) is 14.6. The highest BCUT2D eigenvalue weighted by molar-refractivity contribution is 6.41. The highest BCUT2D eigenvalue weighted by Crippen LogP contribution is 2.32. The predicted molar refractivity (Wildman–Crippen MR) is 197 cm³/mol. The van der Waals surface area contributed by atoms with Gasteiger partial charge in [-0.15, -0.1) is 0 Å². The molecular weight excluding hydrogens is 662 g/mol. The lowest BCUT2D eigenvalue weighted by atomic mass is 9.80. The first-order valence-corrected chi connectivity index (χ1v) is 18.6. The number of carbonyl (C=O) groups excluding carboxylic acids is 4. The standard InChI is InChI=1S/C39H53N7O6/c40-19-11-8-16-32(37(51)46-24-29-22-45(26-34(47)48)23-30(29)25-46)43-38(52)39(17-9-3-10-18-39)44-36(50)33(21-28-14-6-2-7-15-28)42-35(49)31(41)20-27-12-4-1-5-13-27/h1-2,4-7,12-15,29-32H,3,8-11,16-26,40-41H2,(H,43,52)(H,44,50)(H,47,48)/b42-33+. The molecule has 1 saturated carbocycles. The van der Waals surface area contributed by atoms with Gasteiger partial charge in [0, 0.05) is 32.6 Å². The third-order valence-electron chi connectivity index (χ3n) is 10.6. The molecule has 2 heterocycles. The van der Waals surface area contributed by atoms with Crippen molar-refractivity contribution in [1.29, 1.82) is 0 Å². The van der Waals surface area contributed by atoms with E-state index in [1.807, 2.05) is 65.6 Å². The van der Waals surface area contributed by atoms with E-state index in [0.717, 1.165) is 17.5 Å². The smallest absolute Gasteiger partial charge is 0.317 e. The minimum absolute atomic E-state index is 0.0149. The number of carbonyl (C=O) groups is 5. The van der Waals surface area contributed by atoms with E-state index in [-0.39, 0.29) is 42.8 Å². The quantitative estimate of drug-likeness (QED) is 0.127. The number of hydrogen-bond donors (Lipinski definition) is 5. The van der Waals surface area contributed by atoms with Crippen LogP contribution in [-0.2, 0) is 36.8 Å². The Kier molecular flexibility index (Phi) is 13.7. The number of rotatable bonds is 16. The summed E-state index contributed by atoms with van der Waals surface area (Å²) in [5.74, 6) is -2.35. The van der Waals surface area contributed by atoms with E-state index in [1.165, 1.54) is 0 Å². The molecular formula is C39H53N7O6. The Bertz CT molecular complexity index is 1570. The number of nitrogens with zero attached hydrogens (tertiary/aromatic N) is 3. The molecule has 52 heavy (non-hydrogen) atoms. The number of carboxylic acid groups (broad SMARTS) is 1. The van der Waals surface area contributed by atoms with E-state index in [4.69, 9.17) is 11.5 Å². The van der Waals surface area contributed by atoms with Gasteiger partial charge in [0.05, 0.1) is 12.6 Å². The molecule has 3 fully saturated rings. The van der Waals surface area contributed by atoms with Crippen molar-refractivity contribution in [2.75, 3.05) is 39.3 Å². The van der Waals surface area contributed by atoms with Crippen molar-refractivity contribution in [3.63, 3.8) is 0 Å². The molecule has 3 aliphatic rings. The molecule has 0 radical (unpaired) electrons. The molecule has 0 bridgehead atoms. The maximum absolute atomic E-state index is 14.4. The summed E-state index contributed by atoms with van der Waals surface area (Å²) in [5.41, 5.74) is 12.4. The van der Waals surface area contributed by atoms with Gasteiger partial charge in [-0.1, -0.05) is 79.9 Å². The first-order chi connectivity index (χ1) is 25.1. The highest BCUT2D eigenvalue weighted by atomic mass is 16.4. The third kappa shape index (κ3) is 10.3. The van der Waals surface area contributed by atoms with Gasteiger partial charge in [-0.25, -0.2) is 4.99 Å². The molecule has 0 aromatic heterocycles. The molecule has 5 rings (SSSR count). The zero-order valence-electron chi connectivity index (χ0n) is 29.9. The number of nitrogens with two attached hydrogens (primary N) is 2. The van der Waals surface area contributed by atoms with Crippen LogP contribution >= 0.6 is 0 Å². The summed E-state index contributed by atoms with van der Waals surface area (Å²) in [5, 5.41) is 15.3. The largest absolute Gasteiger partial charge is 0.480 e. The van der Waals surface area contributed by atoms with Gasteiger partial charge in [-0.05, 0) is 68.0 Å². The molecule has 2 aromatic carbocycles. The van der Waals surface area contributed by atoms with Gasteiger partial charge in [-0.3, -0.25) is 28.9 Å². The number of amides is 4. The lowest BCUT2D eigenvalue weighted by molar-refractivity contribution is -0.140. The summed E-state index contributed by atoms with van der Waals surface area (Å²) in [6.07, 6.45) is 5.11. The van der Waals surface area contributed by atoms with Crippen LogP contribution in [0.25, 0.3) is 0 Å². The SMILES string of the molecule is NCCCCC(NC(=O)C1(NC(=O)/C(Cc2ccccc2)=N/C(=O)C(N)Cc2ccccc2)CCCCC1)C(=O)N1CC2CN(CC(=O)O)CC2C1. The van der Waals surface area contributed by atoms with Gasteiger partial charge in [0.1, 0.15) is 17.3 Å². The number of benzene rings is 2. The van der Waals surface area contributed by atoms with Crippen molar-refractivity contribution >= 4 is 35.3 Å². The normalized spacial score (nSPS) is 21.2. The minimum Gasteiger partial charge on any atom is -0.480 e. The summed E-state index contributed by atoms with van der Waals surface area (Å²) < 4.78 is 0. The zero-order valence-corrected chi connectivity index (χ0v) is 29.9. The van der Waals surface area contributed by atoms with E-state index in [1.54, 1.807) is 4.90 Å². The van der Waals surface area contributed by atoms with Crippen LogP contribution in [0.1, 0.15) is 62.5 Å². The molecule has 4 amide bonds. The van der Waals surface area contributed by atoms with Crippen molar-refractivity contribution in [3.8, 4) is 0 Å². The Labute approximate surface area is 305 Å². The van der Waals surface area contributed by atoms with Crippen molar-refractivity contribution < 1.29 is 29.1 Å². The molecule has 2 aliphatic heterocycles. The molecule has 7 N–H and O–H groups in total. The number of aliphatic imine (C=N–C) groups is 1. The summed E-state index contributed by atoms with van der Waals surface area (Å²) in [6.45, 7) is 2.69. The molecule has 13 nitrogen and oxygen atoms in total. The Morgan fingerprint density at radius 1 is 0.865 bits per heavy atom. The number of nitrogens with one attached hydrogen (secondary N) is 2. The van der Waals surface area contributed by atoms with Crippen molar-refractivity contribution in [3.05, 3.63) is 71.8 Å². The lowest BCUT2D eigenvalue weighted by Crippen LogP contribution is -2.63. The maximum Gasteiger partial charge on any atom is 0.317 e. The van der Waals surface area contributed by atoms with E-state index >= 15 is 0 Å². The van der Waals surface area contributed by atoms with E-state index in [0.29, 0.717) is 77.7 Å². The fourth-order valence-corrected chi connectivity index (χ4v) is 7.84. The Balaban J connectivity index is 1.33. The van der Waals surface area contributed by atoms with Crippen LogP contribution in [0.3, 0.4) is 0 Å². The number of aliphatic carboxylic acids is 1. The average Bonchev–Trinajstić information content (AvgIpc) is 3.70. The minimum atomic E-state index is -1.30. The predicted octanol–water partition coefficient (Wildman–Crippen LogP) is 1.67. The first-order valence-electron chi connectivity index (χ1n) is 18.6. The maximum atomic E-state index is 14.4.